The highest BCUT2D eigenvalue weighted by atomic mass is 35.5. The van der Waals surface area contributed by atoms with Crippen LogP contribution in [0.15, 0.2) is 23.1 Å². The van der Waals surface area contributed by atoms with Crippen LogP contribution in [0.2, 0.25) is 5.02 Å². The maximum Gasteiger partial charge on any atom is 0.341 e. The monoisotopic (exact) mass is 622 g/mol. The lowest BCUT2D eigenvalue weighted by atomic mass is 10.0. The van der Waals surface area contributed by atoms with Crippen molar-refractivity contribution in [2.45, 2.75) is 30.5 Å². The minimum absolute atomic E-state index is 0.0652. The number of hydrogen-bond acceptors (Lipinski definition) is 12. The second-order valence-corrected chi connectivity index (χ2v) is 9.54. The molecule has 0 spiro atoms. The van der Waals surface area contributed by atoms with E-state index in [0.29, 0.717) is 6.07 Å². The Hall–Kier alpha value is -3.55. The van der Waals surface area contributed by atoms with E-state index in [1.165, 1.54) is 4.90 Å². The van der Waals surface area contributed by atoms with E-state index in [1.807, 2.05) is 0 Å². The zero-order valence-electron chi connectivity index (χ0n) is 21.3. The van der Waals surface area contributed by atoms with Crippen molar-refractivity contribution in [2.75, 3.05) is 36.9 Å². The Morgan fingerprint density at radius 3 is 2.05 bits per heavy atom. The van der Waals surface area contributed by atoms with Crippen LogP contribution in [0.4, 0.5) is 24.7 Å². The van der Waals surface area contributed by atoms with Gasteiger partial charge in [-0.05, 0) is 6.07 Å². The van der Waals surface area contributed by atoms with Crippen molar-refractivity contribution in [3.8, 4) is 5.82 Å². The number of nitrogen functional groups attached to an aromatic ring is 1. The van der Waals surface area contributed by atoms with Gasteiger partial charge in [0.25, 0.3) is 0 Å². The molecule has 0 saturated carbocycles. The second kappa shape index (κ2) is 13.2. The molecule has 0 radical (unpaired) electrons. The average Bonchev–Trinajstić information content (AvgIpc) is 2.93. The number of aliphatic hydroxyl groups is 7. The lowest BCUT2D eigenvalue weighted by Gasteiger charge is -2.38. The van der Waals surface area contributed by atoms with Crippen molar-refractivity contribution in [1.82, 2.24) is 9.55 Å². The number of aromatic nitrogens is 2. The largest absolute Gasteiger partial charge is 0.477 e. The summed E-state index contributed by atoms with van der Waals surface area (Å²) in [5, 5.41) is 70.2. The molecule has 1 aromatic carbocycles. The number of carboxylic acids is 1. The Morgan fingerprint density at radius 1 is 1.02 bits per heavy atom. The molecule has 1 saturated heterocycles. The summed E-state index contributed by atoms with van der Waals surface area (Å²) in [5.74, 6) is -6.27. The number of aliphatic hydroxyl groups excluding tert-OH is 7. The summed E-state index contributed by atoms with van der Waals surface area (Å²) in [7, 11) is 0. The summed E-state index contributed by atoms with van der Waals surface area (Å²) in [6.45, 7) is -1.32. The quantitative estimate of drug-likeness (QED) is 0.137. The van der Waals surface area contributed by atoms with E-state index in [1.54, 1.807) is 0 Å². The van der Waals surface area contributed by atoms with Crippen LogP contribution in [0.3, 0.4) is 0 Å². The van der Waals surface area contributed by atoms with Gasteiger partial charge in [-0.1, -0.05) is 11.6 Å². The lowest BCUT2D eigenvalue weighted by Crippen LogP contribution is -2.51. The molecule has 0 amide bonds. The molecule has 2 aromatic heterocycles. The number of halogens is 4. The molecule has 1 aliphatic heterocycles. The molecule has 4 atom stereocenters. The fourth-order valence-corrected chi connectivity index (χ4v) is 4.37. The number of anilines is 2. The van der Waals surface area contributed by atoms with Crippen LogP contribution in [-0.2, 0) is 0 Å². The van der Waals surface area contributed by atoms with E-state index in [2.05, 4.69) is 4.98 Å². The summed E-state index contributed by atoms with van der Waals surface area (Å²) >= 11 is 6.36. The third kappa shape index (κ3) is 6.42. The third-order valence-electron chi connectivity index (χ3n) is 6.24. The predicted octanol–water partition coefficient (Wildman–Crippen LogP) is -1.67. The van der Waals surface area contributed by atoms with Gasteiger partial charge < -0.3 is 51.5 Å². The summed E-state index contributed by atoms with van der Waals surface area (Å²) in [6, 6.07) is 1.21. The van der Waals surface area contributed by atoms with Crippen molar-refractivity contribution < 1.29 is 58.8 Å². The number of benzene rings is 1. The van der Waals surface area contributed by atoms with Gasteiger partial charge in [-0.2, -0.15) is 0 Å². The molecule has 1 aliphatic rings. The van der Waals surface area contributed by atoms with Crippen molar-refractivity contribution >= 4 is 40.0 Å². The van der Waals surface area contributed by atoms with Crippen LogP contribution in [0.25, 0.3) is 16.7 Å². The Balaban J connectivity index is 0.000000343. The highest BCUT2D eigenvalue weighted by molar-refractivity contribution is 6.38. The number of carbonyl (C=O) groups is 1. The van der Waals surface area contributed by atoms with Crippen LogP contribution in [0, 0.1) is 17.5 Å². The van der Waals surface area contributed by atoms with Crippen LogP contribution in [-0.4, -0.2) is 113 Å². The van der Waals surface area contributed by atoms with Gasteiger partial charge in [-0.15, -0.1) is 0 Å². The van der Waals surface area contributed by atoms with E-state index in [0.717, 1.165) is 16.8 Å². The molecule has 0 bridgehead atoms. The molecule has 4 rings (SSSR count). The molecule has 18 heteroatoms. The van der Waals surface area contributed by atoms with Crippen LogP contribution in [0.1, 0.15) is 10.4 Å². The van der Waals surface area contributed by atoms with Gasteiger partial charge in [0.1, 0.15) is 35.8 Å². The standard InChI is InChI=1S/C18H12ClF3N4O4.C6H14O6/c19-12-13-7(1-9(20)14(12)25-3-6(27)4-25)15(28)8(18(29)30)5-26(13)17-11(22)2-10(21)16(23)24-17;7-1-3(9)5(11)6(12)4(10)2-8/h1-2,5-6,27H,3-4H2,(H2,23,24)(H,29,30);3-12H,1-2H2/t;3-,4+,5-,6-/m.1/s1. The van der Waals surface area contributed by atoms with Crippen LogP contribution in [0.5, 0.6) is 0 Å². The van der Waals surface area contributed by atoms with Gasteiger partial charge in [-0.25, -0.2) is 22.9 Å². The first-order valence-corrected chi connectivity index (χ1v) is 12.3. The van der Waals surface area contributed by atoms with E-state index in [4.69, 9.17) is 48.0 Å². The third-order valence-corrected chi connectivity index (χ3v) is 6.60. The van der Waals surface area contributed by atoms with Gasteiger partial charge in [0, 0.05) is 25.4 Å². The van der Waals surface area contributed by atoms with Crippen LogP contribution >= 0.6 is 11.6 Å². The van der Waals surface area contributed by atoms with E-state index < -0.39 is 95.2 Å². The van der Waals surface area contributed by atoms with Crippen LogP contribution < -0.4 is 16.1 Å². The second-order valence-electron chi connectivity index (χ2n) is 9.16. The first-order chi connectivity index (χ1) is 19.6. The Bertz CT molecular complexity index is 1530. The molecule has 42 heavy (non-hydrogen) atoms. The zero-order chi connectivity index (χ0) is 31.6. The molecule has 0 aliphatic carbocycles. The topological polar surface area (TPSA) is 243 Å². The summed E-state index contributed by atoms with van der Waals surface area (Å²) in [5.41, 5.74) is 3.13. The van der Waals surface area contributed by atoms with Gasteiger partial charge in [-0.3, -0.25) is 9.36 Å². The summed E-state index contributed by atoms with van der Waals surface area (Å²) in [6.07, 6.45) is -6.34. The molecule has 3 heterocycles. The molecule has 1 fully saturated rings. The normalized spacial score (nSPS) is 16.3. The first-order valence-electron chi connectivity index (χ1n) is 11.9. The molecular weight excluding hydrogens is 597 g/mol. The SMILES string of the molecule is Nc1nc(-n2cc(C(=O)O)c(=O)c3cc(F)c(N4CC(O)C4)c(Cl)c32)c(F)cc1F.OC[C@@H](O)[C@@H](O)[C@H](O)[C@@H](O)CO. The minimum Gasteiger partial charge on any atom is -0.477 e. The fourth-order valence-electron chi connectivity index (χ4n) is 3.96. The van der Waals surface area contributed by atoms with E-state index in [9.17, 15) is 33.0 Å². The maximum atomic E-state index is 14.8. The molecule has 0 unspecified atom stereocenters. The number of fused-ring (bicyclic) bond motifs is 1. The predicted molar refractivity (Wildman–Crippen MR) is 140 cm³/mol. The summed E-state index contributed by atoms with van der Waals surface area (Å²) < 4.78 is 43.6. The van der Waals surface area contributed by atoms with Gasteiger partial charge in [0.15, 0.2) is 23.3 Å². The van der Waals surface area contributed by atoms with Gasteiger partial charge >= 0.3 is 5.97 Å². The fraction of sp³-hybridized carbons (Fsp3) is 0.375. The highest BCUT2D eigenvalue weighted by Crippen LogP contribution is 2.38. The summed E-state index contributed by atoms with van der Waals surface area (Å²) in [4.78, 5) is 29.1. The maximum absolute atomic E-state index is 14.8. The number of aromatic carboxylic acids is 1. The minimum atomic E-state index is -1.67. The smallest absolute Gasteiger partial charge is 0.341 e. The first kappa shape index (κ1) is 33.0. The number of rotatable bonds is 8. The number of hydrogen-bond donors (Lipinski definition) is 9. The van der Waals surface area contributed by atoms with E-state index >= 15 is 0 Å². The Labute approximate surface area is 238 Å². The molecule has 230 valence electrons. The Morgan fingerprint density at radius 2 is 1.57 bits per heavy atom. The van der Waals surface area contributed by atoms with Gasteiger partial charge in [0.05, 0.1) is 40.9 Å². The molecule has 3 aromatic rings. The van der Waals surface area contributed by atoms with Gasteiger partial charge in [0.2, 0.25) is 5.43 Å². The van der Waals surface area contributed by atoms with Crippen molar-refractivity contribution in [3.63, 3.8) is 0 Å². The number of nitrogens with two attached hydrogens (primary N) is 1. The van der Waals surface area contributed by atoms with Crippen molar-refractivity contribution in [3.05, 3.63) is 56.6 Å². The molecule has 10 N–H and O–H groups in total. The number of β-amino-alcohol motifs (C(OH)–C–C–N with tert-alkyl or cyclic N) is 1. The highest BCUT2D eigenvalue weighted by Gasteiger charge is 2.32. The zero-order valence-corrected chi connectivity index (χ0v) is 22.0. The Kier molecular flexibility index (Phi) is 10.3. The van der Waals surface area contributed by atoms with E-state index in [-0.39, 0.29) is 29.3 Å². The lowest BCUT2D eigenvalue weighted by molar-refractivity contribution is -0.123. The number of pyridine rings is 2. The molecule has 14 nitrogen and oxygen atoms in total. The average molecular weight is 623 g/mol. The number of nitrogens with zero attached hydrogens (tertiary/aromatic N) is 3. The molecular formula is C24H26ClF3N4O10. The number of carboxylic acid groups (broad SMARTS) is 1. The van der Waals surface area contributed by atoms with Crippen molar-refractivity contribution in [1.29, 1.82) is 0 Å². The van der Waals surface area contributed by atoms with Crippen molar-refractivity contribution in [2.24, 2.45) is 0 Å².